The van der Waals surface area contributed by atoms with Crippen molar-refractivity contribution in [2.24, 2.45) is 16.6 Å². The lowest BCUT2D eigenvalue weighted by Gasteiger charge is -2.23. The first-order valence-corrected chi connectivity index (χ1v) is 7.05. The van der Waals surface area contributed by atoms with Gasteiger partial charge in [-0.25, -0.2) is 4.39 Å². The fourth-order valence-corrected chi connectivity index (χ4v) is 2.61. The minimum atomic E-state index is -0.123. The summed E-state index contributed by atoms with van der Waals surface area (Å²) in [7, 11) is 0. The maximum atomic E-state index is 13.6. The summed E-state index contributed by atoms with van der Waals surface area (Å²) >= 11 is 0. The van der Waals surface area contributed by atoms with Crippen LogP contribution in [0.15, 0.2) is 29.3 Å². The smallest absolute Gasteiger partial charge is 0.188 e. The first kappa shape index (κ1) is 12.5. The predicted molar refractivity (Wildman–Crippen MR) is 74.5 cm³/mol. The van der Waals surface area contributed by atoms with Crippen LogP contribution in [0, 0.1) is 11.7 Å². The maximum Gasteiger partial charge on any atom is 0.188 e. The lowest BCUT2D eigenvalue weighted by atomic mass is 9.86. The van der Waals surface area contributed by atoms with Crippen LogP contribution in [0.4, 0.5) is 4.39 Å². The summed E-state index contributed by atoms with van der Waals surface area (Å²) in [4.78, 5) is 4.37. The number of nitrogens with one attached hydrogen (secondary N) is 1. The molecule has 0 aliphatic heterocycles. The van der Waals surface area contributed by atoms with Gasteiger partial charge in [0.05, 0.1) is 0 Å². The molecule has 19 heavy (non-hydrogen) atoms. The molecule has 2 atom stereocenters. The SMILES string of the molecule is NC(=NCC1CCC1)N[C@@H]1C[C@H]1c1ccccc1F. The molecule has 2 aliphatic carbocycles. The minimum Gasteiger partial charge on any atom is -0.370 e. The van der Waals surface area contributed by atoms with E-state index in [1.807, 2.05) is 12.1 Å². The molecular formula is C15H20FN3. The number of nitrogens with two attached hydrogens (primary N) is 1. The molecule has 0 amide bonds. The third kappa shape index (κ3) is 2.88. The van der Waals surface area contributed by atoms with Crippen molar-refractivity contribution in [2.45, 2.75) is 37.6 Å². The second kappa shape index (κ2) is 5.19. The lowest BCUT2D eigenvalue weighted by Crippen LogP contribution is -2.35. The molecule has 1 aromatic carbocycles. The molecule has 0 bridgehead atoms. The molecule has 3 nitrogen and oxygen atoms in total. The predicted octanol–water partition coefficient (Wildman–Crippen LogP) is 2.39. The number of aliphatic imine (C=N–C) groups is 1. The van der Waals surface area contributed by atoms with Crippen LogP contribution < -0.4 is 11.1 Å². The Morgan fingerprint density at radius 3 is 2.84 bits per heavy atom. The molecule has 0 spiro atoms. The molecule has 102 valence electrons. The van der Waals surface area contributed by atoms with Crippen LogP contribution in [0.1, 0.15) is 37.2 Å². The van der Waals surface area contributed by atoms with Gasteiger partial charge in [-0.15, -0.1) is 0 Å². The van der Waals surface area contributed by atoms with E-state index in [4.69, 9.17) is 5.73 Å². The number of halogens is 1. The van der Waals surface area contributed by atoms with Crippen molar-refractivity contribution in [3.05, 3.63) is 35.6 Å². The zero-order valence-corrected chi connectivity index (χ0v) is 11.0. The molecule has 0 radical (unpaired) electrons. The summed E-state index contributed by atoms with van der Waals surface area (Å²) in [6.07, 6.45) is 4.81. The molecule has 0 aromatic heterocycles. The summed E-state index contributed by atoms with van der Waals surface area (Å²) in [5.74, 6) is 1.35. The number of benzene rings is 1. The molecule has 0 unspecified atom stereocenters. The van der Waals surface area contributed by atoms with Crippen molar-refractivity contribution in [3.63, 3.8) is 0 Å². The molecular weight excluding hydrogens is 241 g/mol. The molecule has 4 heteroatoms. The van der Waals surface area contributed by atoms with Gasteiger partial charge in [-0.3, -0.25) is 4.99 Å². The van der Waals surface area contributed by atoms with E-state index in [2.05, 4.69) is 10.3 Å². The topological polar surface area (TPSA) is 50.4 Å². The van der Waals surface area contributed by atoms with Gasteiger partial charge in [0.15, 0.2) is 5.96 Å². The fourth-order valence-electron chi connectivity index (χ4n) is 2.61. The zero-order chi connectivity index (χ0) is 13.2. The summed E-state index contributed by atoms with van der Waals surface area (Å²) < 4.78 is 13.6. The fraction of sp³-hybridized carbons (Fsp3) is 0.533. The Morgan fingerprint density at radius 1 is 1.37 bits per heavy atom. The Bertz CT molecular complexity index is 482. The van der Waals surface area contributed by atoms with Gasteiger partial charge in [0.2, 0.25) is 0 Å². The van der Waals surface area contributed by atoms with Crippen molar-refractivity contribution < 1.29 is 4.39 Å². The first-order valence-electron chi connectivity index (χ1n) is 7.05. The lowest BCUT2D eigenvalue weighted by molar-refractivity contribution is 0.326. The molecule has 3 rings (SSSR count). The molecule has 0 saturated heterocycles. The van der Waals surface area contributed by atoms with Gasteiger partial charge in [0, 0.05) is 18.5 Å². The van der Waals surface area contributed by atoms with Gasteiger partial charge in [-0.2, -0.15) is 0 Å². The molecule has 2 saturated carbocycles. The van der Waals surface area contributed by atoms with Gasteiger partial charge >= 0.3 is 0 Å². The number of rotatable bonds is 4. The summed E-state index contributed by atoms with van der Waals surface area (Å²) in [6.45, 7) is 0.829. The average molecular weight is 261 g/mol. The maximum absolute atomic E-state index is 13.6. The van der Waals surface area contributed by atoms with Crippen molar-refractivity contribution in [3.8, 4) is 0 Å². The summed E-state index contributed by atoms with van der Waals surface area (Å²) in [5, 5.41) is 3.19. The molecule has 2 fully saturated rings. The van der Waals surface area contributed by atoms with E-state index in [1.54, 1.807) is 6.07 Å². The Kier molecular flexibility index (Phi) is 3.40. The van der Waals surface area contributed by atoms with Crippen LogP contribution in [-0.4, -0.2) is 18.5 Å². The van der Waals surface area contributed by atoms with Crippen molar-refractivity contribution >= 4 is 5.96 Å². The van der Waals surface area contributed by atoms with Gasteiger partial charge < -0.3 is 11.1 Å². The van der Waals surface area contributed by atoms with Crippen LogP contribution in [0.3, 0.4) is 0 Å². The van der Waals surface area contributed by atoms with E-state index < -0.39 is 0 Å². The second-order valence-electron chi connectivity index (χ2n) is 5.64. The summed E-state index contributed by atoms with van der Waals surface area (Å²) in [6, 6.07) is 7.20. The van der Waals surface area contributed by atoms with Crippen LogP contribution in [-0.2, 0) is 0 Å². The first-order chi connectivity index (χ1) is 9.24. The van der Waals surface area contributed by atoms with E-state index >= 15 is 0 Å². The van der Waals surface area contributed by atoms with E-state index in [0.29, 0.717) is 5.96 Å². The average Bonchev–Trinajstić information content (AvgIpc) is 3.06. The highest BCUT2D eigenvalue weighted by Gasteiger charge is 2.40. The molecule has 3 N–H and O–H groups in total. The van der Waals surface area contributed by atoms with E-state index in [-0.39, 0.29) is 17.8 Å². The van der Waals surface area contributed by atoms with Crippen LogP contribution in [0.25, 0.3) is 0 Å². The Morgan fingerprint density at radius 2 is 2.16 bits per heavy atom. The quantitative estimate of drug-likeness (QED) is 0.646. The third-order valence-electron chi connectivity index (χ3n) is 4.17. The van der Waals surface area contributed by atoms with Crippen molar-refractivity contribution in [1.29, 1.82) is 0 Å². The van der Waals surface area contributed by atoms with Crippen LogP contribution >= 0.6 is 0 Å². The molecule has 2 aliphatic rings. The van der Waals surface area contributed by atoms with E-state index in [1.165, 1.54) is 25.3 Å². The van der Waals surface area contributed by atoms with Crippen molar-refractivity contribution in [1.82, 2.24) is 5.32 Å². The second-order valence-corrected chi connectivity index (χ2v) is 5.64. The standard InChI is InChI=1S/C15H20FN3/c16-13-7-2-1-6-11(13)12-8-14(12)19-15(17)18-9-10-4-3-5-10/h1-2,6-7,10,12,14H,3-5,8-9H2,(H3,17,18,19)/t12-,14+/m0/s1. The largest absolute Gasteiger partial charge is 0.370 e. The van der Waals surface area contributed by atoms with Crippen molar-refractivity contribution in [2.75, 3.05) is 6.54 Å². The Hall–Kier alpha value is -1.58. The third-order valence-corrected chi connectivity index (χ3v) is 4.17. The number of nitrogens with zero attached hydrogens (tertiary/aromatic N) is 1. The number of hydrogen-bond acceptors (Lipinski definition) is 1. The number of guanidine groups is 1. The van der Waals surface area contributed by atoms with Crippen LogP contribution in [0.2, 0.25) is 0 Å². The summed E-state index contributed by atoms with van der Waals surface area (Å²) in [5.41, 5.74) is 6.65. The number of hydrogen-bond donors (Lipinski definition) is 2. The van der Waals surface area contributed by atoms with Gasteiger partial charge in [-0.05, 0) is 36.8 Å². The molecule has 0 heterocycles. The normalized spacial score (nSPS) is 26.9. The van der Waals surface area contributed by atoms with Gasteiger partial charge in [0.1, 0.15) is 5.82 Å². The highest BCUT2D eigenvalue weighted by Crippen LogP contribution is 2.41. The minimum absolute atomic E-state index is 0.123. The zero-order valence-electron chi connectivity index (χ0n) is 11.0. The highest BCUT2D eigenvalue weighted by atomic mass is 19.1. The molecule has 1 aromatic rings. The Labute approximate surface area is 113 Å². The van der Waals surface area contributed by atoms with Gasteiger partial charge in [0.25, 0.3) is 0 Å². The van der Waals surface area contributed by atoms with Gasteiger partial charge in [-0.1, -0.05) is 24.6 Å². The Balaban J connectivity index is 1.51. The van der Waals surface area contributed by atoms with Crippen LogP contribution in [0.5, 0.6) is 0 Å². The van der Waals surface area contributed by atoms with E-state index in [0.717, 1.165) is 24.4 Å². The highest BCUT2D eigenvalue weighted by molar-refractivity contribution is 5.78. The monoisotopic (exact) mass is 261 g/mol. The van der Waals surface area contributed by atoms with E-state index in [9.17, 15) is 4.39 Å².